The third-order valence-electron chi connectivity index (χ3n) is 1.87. The Morgan fingerprint density at radius 2 is 1.67 bits per heavy atom. The summed E-state index contributed by atoms with van der Waals surface area (Å²) in [4.78, 5) is 0. The van der Waals surface area contributed by atoms with Gasteiger partial charge in [0.1, 0.15) is 0 Å². The molecule has 0 aliphatic carbocycles. The second kappa shape index (κ2) is 2.83. The van der Waals surface area contributed by atoms with Crippen molar-refractivity contribution in [1.29, 1.82) is 0 Å². The van der Waals surface area contributed by atoms with Crippen molar-refractivity contribution in [1.82, 2.24) is 5.48 Å². The zero-order valence-electron chi connectivity index (χ0n) is 6.44. The molecule has 2 heteroatoms. The minimum Gasteiger partial charge on any atom is -0.267 e. The van der Waals surface area contributed by atoms with Crippen LogP contribution in [-0.2, 0) is 0 Å². The standard InChI is InChI=1S/C10H8NO/c12-11-10-7-3-5-8-4-1-2-6-9(8)10/h1-7,12H. The summed E-state index contributed by atoms with van der Waals surface area (Å²) in [7, 11) is 0. The van der Waals surface area contributed by atoms with Crippen LogP contribution in [0.25, 0.3) is 10.8 Å². The van der Waals surface area contributed by atoms with Crippen molar-refractivity contribution in [2.75, 3.05) is 0 Å². The fourth-order valence-corrected chi connectivity index (χ4v) is 1.30. The van der Waals surface area contributed by atoms with Crippen LogP contribution >= 0.6 is 0 Å². The average molecular weight is 158 g/mol. The van der Waals surface area contributed by atoms with Crippen molar-refractivity contribution in [3.8, 4) is 0 Å². The number of nitrogens with zero attached hydrogens (tertiary/aromatic N) is 1. The van der Waals surface area contributed by atoms with Gasteiger partial charge in [-0.2, -0.15) is 0 Å². The molecule has 0 fully saturated rings. The molecule has 0 aliphatic rings. The lowest BCUT2D eigenvalue weighted by Gasteiger charge is -2.00. The maximum Gasteiger partial charge on any atom is 0.0981 e. The minimum atomic E-state index is 0.619. The van der Waals surface area contributed by atoms with E-state index in [4.69, 9.17) is 5.21 Å². The molecule has 2 aromatic carbocycles. The Balaban J connectivity index is 2.79. The molecule has 12 heavy (non-hydrogen) atoms. The van der Waals surface area contributed by atoms with Gasteiger partial charge in [0.15, 0.2) is 0 Å². The highest BCUT2D eigenvalue weighted by molar-refractivity contribution is 5.91. The fraction of sp³-hybridized carbons (Fsp3) is 0. The van der Waals surface area contributed by atoms with Gasteiger partial charge in [0.05, 0.1) is 5.69 Å². The molecular weight excluding hydrogens is 150 g/mol. The Labute approximate surface area is 70.4 Å². The van der Waals surface area contributed by atoms with Gasteiger partial charge in [-0.25, -0.2) is 0 Å². The van der Waals surface area contributed by atoms with Gasteiger partial charge in [0.25, 0.3) is 0 Å². The molecule has 0 heterocycles. The van der Waals surface area contributed by atoms with Gasteiger partial charge < -0.3 is 0 Å². The Kier molecular flexibility index (Phi) is 1.68. The summed E-state index contributed by atoms with van der Waals surface area (Å²) >= 11 is 0. The van der Waals surface area contributed by atoms with E-state index in [-0.39, 0.29) is 0 Å². The molecule has 2 rings (SSSR count). The van der Waals surface area contributed by atoms with Crippen molar-refractivity contribution in [3.63, 3.8) is 0 Å². The van der Waals surface area contributed by atoms with Gasteiger partial charge in [-0.3, -0.25) is 5.21 Å². The third kappa shape index (κ3) is 1.02. The monoisotopic (exact) mass is 158 g/mol. The van der Waals surface area contributed by atoms with Crippen molar-refractivity contribution >= 4 is 16.5 Å². The smallest absolute Gasteiger partial charge is 0.0981 e. The van der Waals surface area contributed by atoms with Crippen LogP contribution in [0.5, 0.6) is 0 Å². The van der Waals surface area contributed by atoms with E-state index in [1.54, 1.807) is 6.07 Å². The highest BCUT2D eigenvalue weighted by Crippen LogP contribution is 2.21. The zero-order valence-corrected chi connectivity index (χ0v) is 6.44. The van der Waals surface area contributed by atoms with Crippen LogP contribution in [0, 0.1) is 0 Å². The topological polar surface area (TPSA) is 34.3 Å². The molecule has 0 saturated carbocycles. The van der Waals surface area contributed by atoms with Gasteiger partial charge in [-0.05, 0) is 11.5 Å². The maximum atomic E-state index is 8.66. The predicted molar refractivity (Wildman–Crippen MR) is 47.5 cm³/mol. The van der Waals surface area contributed by atoms with Crippen molar-refractivity contribution in [2.24, 2.45) is 0 Å². The molecule has 2 nitrogen and oxygen atoms in total. The van der Waals surface area contributed by atoms with Crippen LogP contribution in [-0.4, -0.2) is 5.21 Å². The first-order valence-corrected chi connectivity index (χ1v) is 3.74. The van der Waals surface area contributed by atoms with E-state index in [1.165, 1.54) is 0 Å². The van der Waals surface area contributed by atoms with Crippen molar-refractivity contribution in [2.45, 2.75) is 0 Å². The lowest BCUT2D eigenvalue weighted by atomic mass is 10.1. The predicted octanol–water partition coefficient (Wildman–Crippen LogP) is 2.46. The molecule has 1 radical (unpaired) electrons. The first-order valence-electron chi connectivity index (χ1n) is 3.74. The lowest BCUT2D eigenvalue weighted by Crippen LogP contribution is -1.87. The quantitative estimate of drug-likeness (QED) is 0.635. The molecule has 0 saturated heterocycles. The molecule has 0 amide bonds. The summed E-state index contributed by atoms with van der Waals surface area (Å²) in [5.74, 6) is 0. The number of hydrogen-bond acceptors (Lipinski definition) is 1. The minimum absolute atomic E-state index is 0.619. The summed E-state index contributed by atoms with van der Waals surface area (Å²) in [6, 6.07) is 13.5. The fourth-order valence-electron chi connectivity index (χ4n) is 1.30. The van der Waals surface area contributed by atoms with E-state index in [9.17, 15) is 0 Å². The summed E-state index contributed by atoms with van der Waals surface area (Å²) in [5.41, 5.74) is 3.82. The van der Waals surface area contributed by atoms with Crippen LogP contribution in [0.2, 0.25) is 0 Å². The Morgan fingerprint density at radius 1 is 0.917 bits per heavy atom. The highest BCUT2D eigenvalue weighted by Gasteiger charge is 1.97. The highest BCUT2D eigenvalue weighted by atomic mass is 16.5. The normalized spacial score (nSPS) is 10.1. The van der Waals surface area contributed by atoms with E-state index in [0.717, 1.165) is 10.8 Å². The Hall–Kier alpha value is -1.54. The summed E-state index contributed by atoms with van der Waals surface area (Å²) in [6.45, 7) is 0. The molecule has 2 aromatic rings. The van der Waals surface area contributed by atoms with Crippen molar-refractivity contribution in [3.05, 3.63) is 42.5 Å². The summed E-state index contributed by atoms with van der Waals surface area (Å²) < 4.78 is 0. The number of benzene rings is 2. The second-order valence-electron chi connectivity index (χ2n) is 2.60. The van der Waals surface area contributed by atoms with E-state index >= 15 is 0 Å². The maximum absolute atomic E-state index is 8.66. The van der Waals surface area contributed by atoms with E-state index < -0.39 is 0 Å². The Morgan fingerprint density at radius 3 is 2.50 bits per heavy atom. The largest absolute Gasteiger partial charge is 0.267 e. The van der Waals surface area contributed by atoms with Crippen LogP contribution in [0.4, 0.5) is 5.69 Å². The molecule has 0 bridgehead atoms. The van der Waals surface area contributed by atoms with E-state index in [2.05, 4.69) is 5.48 Å². The van der Waals surface area contributed by atoms with Crippen molar-refractivity contribution < 1.29 is 5.21 Å². The van der Waals surface area contributed by atoms with Gasteiger partial charge in [0, 0.05) is 5.39 Å². The molecule has 0 aliphatic heterocycles. The van der Waals surface area contributed by atoms with Gasteiger partial charge >= 0.3 is 0 Å². The molecular formula is C10H8NO. The molecule has 0 atom stereocenters. The van der Waals surface area contributed by atoms with Crippen LogP contribution in [0.1, 0.15) is 0 Å². The Bertz CT molecular complexity index is 392. The van der Waals surface area contributed by atoms with Gasteiger partial charge in [0.2, 0.25) is 0 Å². The van der Waals surface area contributed by atoms with E-state index in [0.29, 0.717) is 5.69 Å². The first-order chi connectivity index (χ1) is 5.92. The zero-order chi connectivity index (χ0) is 8.39. The number of hydrogen-bond donors (Lipinski definition) is 1. The third-order valence-corrected chi connectivity index (χ3v) is 1.87. The number of fused-ring (bicyclic) bond motifs is 1. The van der Waals surface area contributed by atoms with Crippen LogP contribution in [0.15, 0.2) is 42.5 Å². The first kappa shape index (κ1) is 7.13. The summed E-state index contributed by atoms with van der Waals surface area (Å²) in [6.07, 6.45) is 0. The molecule has 59 valence electrons. The van der Waals surface area contributed by atoms with Gasteiger partial charge in [-0.15, -0.1) is 5.48 Å². The average Bonchev–Trinajstić information content (AvgIpc) is 2.17. The molecule has 1 N–H and O–H groups in total. The SMILES string of the molecule is O[N]c1cccc2ccccc12. The van der Waals surface area contributed by atoms with Crippen LogP contribution in [0.3, 0.4) is 0 Å². The van der Waals surface area contributed by atoms with E-state index in [1.807, 2.05) is 36.4 Å². The molecule has 0 aromatic heterocycles. The summed E-state index contributed by atoms with van der Waals surface area (Å²) in [5, 5.41) is 10.7. The molecule has 0 unspecified atom stereocenters. The molecule has 0 spiro atoms. The second-order valence-corrected chi connectivity index (χ2v) is 2.60. The lowest BCUT2D eigenvalue weighted by molar-refractivity contribution is 0.211. The van der Waals surface area contributed by atoms with Crippen LogP contribution < -0.4 is 5.48 Å². The number of rotatable bonds is 1. The van der Waals surface area contributed by atoms with Gasteiger partial charge in [-0.1, -0.05) is 36.4 Å².